The van der Waals surface area contributed by atoms with E-state index >= 15 is 0 Å². The van der Waals surface area contributed by atoms with E-state index in [9.17, 15) is 27.6 Å². The number of nitrogens with one attached hydrogen (secondary N) is 1. The van der Waals surface area contributed by atoms with E-state index in [-0.39, 0.29) is 17.7 Å². The van der Waals surface area contributed by atoms with Gasteiger partial charge in [-0.25, -0.2) is 9.59 Å². The number of nitrogens with zero attached hydrogens (tertiary/aromatic N) is 5. The first-order chi connectivity index (χ1) is 23.3. The number of carboxylic acids is 1. The molecule has 6 aliphatic rings. The number of alkyl halides is 3. The van der Waals surface area contributed by atoms with Crippen molar-refractivity contribution < 1.29 is 27.9 Å². The smallest absolute Gasteiger partial charge is 0.475 e. The number of hydrogen-bond acceptors (Lipinski definition) is 7. The zero-order valence-electron chi connectivity index (χ0n) is 27.4. The predicted octanol–water partition coefficient (Wildman–Crippen LogP) is 3.83. The number of allylic oxidation sites excluding steroid dienone is 1. The Labute approximate surface area is 280 Å². The molecule has 49 heavy (non-hydrogen) atoms. The van der Waals surface area contributed by atoms with Crippen LogP contribution in [0.4, 0.5) is 19.1 Å². The molecule has 4 aliphatic carbocycles. The first-order valence-electron chi connectivity index (χ1n) is 17.1. The van der Waals surface area contributed by atoms with Crippen LogP contribution >= 0.6 is 0 Å². The maximum absolute atomic E-state index is 14.3. The van der Waals surface area contributed by atoms with Gasteiger partial charge in [-0.1, -0.05) is 42.5 Å². The Kier molecular flexibility index (Phi) is 8.56. The lowest BCUT2D eigenvalue weighted by molar-refractivity contribution is -0.192. The van der Waals surface area contributed by atoms with Gasteiger partial charge in [0.2, 0.25) is 5.95 Å². The second-order valence-electron chi connectivity index (χ2n) is 14.6. The number of aryl methyl sites for hydroxylation is 1. The molecule has 4 heterocycles. The molecule has 2 aliphatic heterocycles. The molecule has 0 spiro atoms. The molecule has 3 aromatic rings. The number of benzene rings is 1. The normalized spacial score (nSPS) is 28.7. The lowest BCUT2D eigenvalue weighted by atomic mass is 9.48. The van der Waals surface area contributed by atoms with Gasteiger partial charge in [-0.05, 0) is 74.2 Å². The Bertz CT molecular complexity index is 1880. The van der Waals surface area contributed by atoms with Crippen LogP contribution in [0.5, 0.6) is 0 Å². The van der Waals surface area contributed by atoms with E-state index in [1.165, 1.54) is 28.4 Å². The molecule has 2 atom stereocenters. The number of carbonyl (C=O) groups is 2. The topological polar surface area (TPSA) is 131 Å². The van der Waals surface area contributed by atoms with Gasteiger partial charge in [-0.15, -0.1) is 0 Å². The van der Waals surface area contributed by atoms with Crippen molar-refractivity contribution in [2.24, 2.45) is 36.1 Å². The first-order valence-corrected chi connectivity index (χ1v) is 17.1. The molecular weight excluding hydrogens is 641 g/mol. The molecule has 11 nitrogen and oxygen atoms in total. The average Bonchev–Trinajstić information content (AvgIpc) is 3.77. The molecule has 6 fully saturated rings. The van der Waals surface area contributed by atoms with Gasteiger partial charge in [0.05, 0.1) is 6.54 Å². The number of hydrogen-bond donors (Lipinski definition) is 2. The Morgan fingerprint density at radius 1 is 1.02 bits per heavy atom. The monoisotopic (exact) mass is 682 g/mol. The molecule has 4 bridgehead atoms. The van der Waals surface area contributed by atoms with Crippen molar-refractivity contribution in [3.63, 3.8) is 0 Å². The minimum Gasteiger partial charge on any atom is -0.475 e. The minimum absolute atomic E-state index is 0.0785. The molecule has 2 aromatic heterocycles. The number of halogens is 3. The number of Topliss-reactive ketones (excluding diaryl/α,β-unsaturated/α-hetero) is 1. The fraction of sp³-hybridized carbons (Fsp3) is 0.571. The predicted molar refractivity (Wildman–Crippen MR) is 176 cm³/mol. The molecule has 2 N–H and O–H groups in total. The average molecular weight is 683 g/mol. The quantitative estimate of drug-likeness (QED) is 0.385. The van der Waals surface area contributed by atoms with Gasteiger partial charge in [0, 0.05) is 44.7 Å². The van der Waals surface area contributed by atoms with E-state index < -0.39 is 23.4 Å². The molecule has 4 saturated carbocycles. The summed E-state index contributed by atoms with van der Waals surface area (Å²) in [7, 11) is 1.68. The molecular formula is C35H41F3N6O5. The molecule has 9 rings (SSSR count). The fourth-order valence-corrected chi connectivity index (χ4v) is 9.61. The number of rotatable bonds is 7. The highest BCUT2D eigenvalue weighted by atomic mass is 19.4. The largest absolute Gasteiger partial charge is 0.490 e. The molecule has 2 unspecified atom stereocenters. The van der Waals surface area contributed by atoms with Crippen molar-refractivity contribution in [1.82, 2.24) is 24.0 Å². The van der Waals surface area contributed by atoms with Crippen LogP contribution in [0.2, 0.25) is 0 Å². The van der Waals surface area contributed by atoms with Crippen LogP contribution in [0.1, 0.15) is 50.5 Å². The van der Waals surface area contributed by atoms with E-state index in [1.807, 2.05) is 34.9 Å². The third kappa shape index (κ3) is 6.12. The van der Waals surface area contributed by atoms with Crippen molar-refractivity contribution >= 4 is 34.9 Å². The third-order valence-electron chi connectivity index (χ3n) is 11.5. The Balaban J connectivity index is 0.000000491. The van der Waals surface area contributed by atoms with Gasteiger partial charge < -0.3 is 19.9 Å². The van der Waals surface area contributed by atoms with Gasteiger partial charge in [-0.2, -0.15) is 18.2 Å². The number of imidazole rings is 1. The summed E-state index contributed by atoms with van der Waals surface area (Å²) in [4.78, 5) is 58.1. The van der Waals surface area contributed by atoms with Crippen molar-refractivity contribution in [1.29, 1.82) is 0 Å². The van der Waals surface area contributed by atoms with Crippen molar-refractivity contribution in [3.8, 4) is 0 Å². The first kappa shape index (κ1) is 33.3. The van der Waals surface area contributed by atoms with Crippen molar-refractivity contribution in [2.45, 2.75) is 70.3 Å². The highest BCUT2D eigenvalue weighted by molar-refractivity contribution is 5.85. The molecule has 262 valence electrons. The lowest BCUT2D eigenvalue weighted by Crippen LogP contribution is -2.52. The van der Waals surface area contributed by atoms with Crippen LogP contribution in [-0.4, -0.2) is 67.4 Å². The molecule has 14 heteroatoms. The van der Waals surface area contributed by atoms with Crippen LogP contribution in [0.3, 0.4) is 0 Å². The summed E-state index contributed by atoms with van der Waals surface area (Å²) in [6.45, 7) is 3.05. The van der Waals surface area contributed by atoms with Crippen LogP contribution in [0.25, 0.3) is 17.2 Å². The maximum atomic E-state index is 14.3. The summed E-state index contributed by atoms with van der Waals surface area (Å²) < 4.78 is 36.4. The Morgan fingerprint density at radius 3 is 2.27 bits per heavy atom. The summed E-state index contributed by atoms with van der Waals surface area (Å²) in [6.07, 6.45) is 6.59. The third-order valence-corrected chi connectivity index (χ3v) is 11.5. The number of fused-ring (bicyclic) bond motifs is 2. The standard InChI is InChI=1S/C33H40N6O3.C2HF3O2/c1-36-29-28(30(41)39(32(36)42)20-27(40)33-15-22-12-23(16-33)14-24(13-22)17-33)38(10-5-8-21-6-3-2-4-7-21)31(35-29)37-11-9-25-18-34-19-26(25)37;3-2(4,5)1(6)7/h2-8,22-26,34H,9-20H2,1H3;(H,6,7). The highest BCUT2D eigenvalue weighted by Gasteiger charge is 2.54. The van der Waals surface area contributed by atoms with Crippen LogP contribution in [-0.2, 0) is 29.7 Å². The number of carboxylic acid groups (broad SMARTS) is 1. The van der Waals surface area contributed by atoms with Gasteiger partial charge in [0.25, 0.3) is 5.56 Å². The molecule has 2 saturated heterocycles. The SMILES string of the molecule is Cn1c(=O)n(CC(=O)C23CC4CC(CC(C4)C2)C3)c(=O)c2c1nc(N1CCC3CNCC31)n2CC=Cc1ccccc1.O=C(O)C(F)(F)F. The number of anilines is 1. The zero-order valence-corrected chi connectivity index (χ0v) is 27.4. The van der Waals surface area contributed by atoms with E-state index in [4.69, 9.17) is 14.9 Å². The lowest BCUT2D eigenvalue weighted by Gasteiger charge is -2.56. The van der Waals surface area contributed by atoms with Gasteiger partial charge in [-0.3, -0.25) is 18.7 Å². The van der Waals surface area contributed by atoms with E-state index in [0.717, 1.165) is 56.8 Å². The Hall–Kier alpha value is -4.20. The van der Waals surface area contributed by atoms with Crippen LogP contribution in [0, 0.1) is 29.1 Å². The summed E-state index contributed by atoms with van der Waals surface area (Å²) >= 11 is 0. The van der Waals surface area contributed by atoms with E-state index in [1.54, 1.807) is 7.05 Å². The fourth-order valence-electron chi connectivity index (χ4n) is 9.61. The molecule has 0 radical (unpaired) electrons. The second-order valence-corrected chi connectivity index (χ2v) is 14.6. The van der Waals surface area contributed by atoms with Crippen molar-refractivity contribution in [2.75, 3.05) is 24.5 Å². The highest BCUT2D eigenvalue weighted by Crippen LogP contribution is 2.60. The second kappa shape index (κ2) is 12.6. The Morgan fingerprint density at radius 2 is 1.65 bits per heavy atom. The van der Waals surface area contributed by atoms with Crippen molar-refractivity contribution in [3.05, 3.63) is 62.8 Å². The summed E-state index contributed by atoms with van der Waals surface area (Å²) in [5.41, 5.74) is 0.647. The number of aliphatic carboxylic acids is 1. The maximum Gasteiger partial charge on any atom is 0.490 e. The molecule has 1 aromatic carbocycles. The van der Waals surface area contributed by atoms with E-state index in [0.29, 0.717) is 47.4 Å². The summed E-state index contributed by atoms with van der Waals surface area (Å²) in [6, 6.07) is 10.4. The number of carbonyl (C=O) groups excluding carboxylic acids is 1. The van der Waals surface area contributed by atoms with Crippen LogP contribution < -0.4 is 21.5 Å². The van der Waals surface area contributed by atoms with Crippen LogP contribution in [0.15, 0.2) is 46.0 Å². The van der Waals surface area contributed by atoms with E-state index in [2.05, 4.69) is 22.4 Å². The summed E-state index contributed by atoms with van der Waals surface area (Å²) in [5, 5.41) is 10.6. The minimum atomic E-state index is -5.08. The zero-order chi connectivity index (χ0) is 34.7. The van der Waals surface area contributed by atoms with Gasteiger partial charge >= 0.3 is 17.8 Å². The van der Waals surface area contributed by atoms with Gasteiger partial charge in [0.15, 0.2) is 16.9 Å². The molecule has 0 amide bonds. The number of aromatic nitrogens is 4. The summed E-state index contributed by atoms with van der Waals surface area (Å²) in [5.74, 6) is 0.473. The van der Waals surface area contributed by atoms with Gasteiger partial charge in [0.1, 0.15) is 0 Å². The number of ketones is 1.